The smallest absolute Gasteiger partial charge is 0.315 e. The van der Waals surface area contributed by atoms with E-state index in [0.29, 0.717) is 47.9 Å². The molecule has 3 N–H and O–H groups in total. The minimum absolute atomic E-state index is 0.0660. The zero-order valence-electron chi connectivity index (χ0n) is 18.3. The zero-order valence-corrected chi connectivity index (χ0v) is 19.8. The average molecular weight is 491 g/mol. The quantitative estimate of drug-likeness (QED) is 0.527. The molecule has 0 spiro atoms. The van der Waals surface area contributed by atoms with Crippen LogP contribution < -0.4 is 16.0 Å². The van der Waals surface area contributed by atoms with Gasteiger partial charge >= 0.3 is 6.03 Å². The van der Waals surface area contributed by atoms with Crippen LogP contribution in [0.4, 0.5) is 4.79 Å². The summed E-state index contributed by atoms with van der Waals surface area (Å²) in [6.45, 7) is 3.61. The Kier molecular flexibility index (Phi) is 8.09. The second kappa shape index (κ2) is 11.2. The van der Waals surface area contributed by atoms with Gasteiger partial charge in [-0.3, -0.25) is 9.69 Å². The molecule has 2 aromatic carbocycles. The van der Waals surface area contributed by atoms with Crippen LogP contribution in [0.5, 0.6) is 0 Å². The minimum Gasteiger partial charge on any atom is -0.374 e. The SMILES string of the molecule is O=C(NCc1cccc(C(=O)NC2CC2)c1)NC[C@H]1CN(Cc2ccc(Cl)c(Cl)c2)CCO1. The van der Waals surface area contributed by atoms with Crippen molar-refractivity contribution in [3.63, 3.8) is 0 Å². The fraction of sp³-hybridized carbons (Fsp3) is 0.417. The van der Waals surface area contributed by atoms with Gasteiger partial charge in [0, 0.05) is 44.3 Å². The third-order valence-corrected chi connectivity index (χ3v) is 6.40. The van der Waals surface area contributed by atoms with Crippen molar-refractivity contribution >= 4 is 35.1 Å². The largest absolute Gasteiger partial charge is 0.374 e. The molecule has 176 valence electrons. The van der Waals surface area contributed by atoms with Gasteiger partial charge in [0.15, 0.2) is 0 Å². The van der Waals surface area contributed by atoms with E-state index in [2.05, 4.69) is 20.9 Å². The third-order valence-electron chi connectivity index (χ3n) is 5.66. The summed E-state index contributed by atoms with van der Waals surface area (Å²) in [5.41, 5.74) is 2.57. The summed E-state index contributed by atoms with van der Waals surface area (Å²) < 4.78 is 5.80. The van der Waals surface area contributed by atoms with Gasteiger partial charge in [0.05, 0.1) is 22.8 Å². The monoisotopic (exact) mass is 490 g/mol. The van der Waals surface area contributed by atoms with Crippen LogP contribution in [0.2, 0.25) is 10.0 Å². The van der Waals surface area contributed by atoms with Crippen molar-refractivity contribution in [2.75, 3.05) is 26.2 Å². The lowest BCUT2D eigenvalue weighted by Crippen LogP contribution is -2.48. The molecule has 33 heavy (non-hydrogen) atoms. The van der Waals surface area contributed by atoms with Crippen LogP contribution in [0.1, 0.15) is 34.3 Å². The number of rotatable bonds is 8. The van der Waals surface area contributed by atoms with Gasteiger partial charge in [-0.2, -0.15) is 0 Å². The van der Waals surface area contributed by atoms with Gasteiger partial charge in [0.1, 0.15) is 0 Å². The molecule has 2 aliphatic rings. The molecule has 0 radical (unpaired) electrons. The standard InChI is InChI=1S/C24H28Cl2N4O3/c25-21-7-4-17(11-22(21)26)14-30-8-9-33-20(15-30)13-28-24(32)27-12-16-2-1-3-18(10-16)23(31)29-19-5-6-19/h1-4,7,10-11,19-20H,5-6,8-9,12-15H2,(H,29,31)(H2,27,28,32)/t20-/m0/s1. The Balaban J connectivity index is 1.19. The summed E-state index contributed by atoms with van der Waals surface area (Å²) >= 11 is 12.1. The van der Waals surface area contributed by atoms with Crippen LogP contribution >= 0.6 is 23.2 Å². The highest BCUT2D eigenvalue weighted by Gasteiger charge is 2.24. The number of urea groups is 1. The molecule has 2 aromatic rings. The van der Waals surface area contributed by atoms with Crippen LogP contribution in [0, 0.1) is 0 Å². The highest BCUT2D eigenvalue weighted by molar-refractivity contribution is 6.42. The predicted molar refractivity (Wildman–Crippen MR) is 129 cm³/mol. The summed E-state index contributed by atoms with van der Waals surface area (Å²) in [5, 5.41) is 9.78. The molecule has 0 aromatic heterocycles. The molecule has 1 heterocycles. The van der Waals surface area contributed by atoms with Crippen LogP contribution in [0.3, 0.4) is 0 Å². The summed E-state index contributed by atoms with van der Waals surface area (Å²) in [5.74, 6) is -0.0660. The summed E-state index contributed by atoms with van der Waals surface area (Å²) in [7, 11) is 0. The first-order valence-corrected chi connectivity index (χ1v) is 11.9. The van der Waals surface area contributed by atoms with Gasteiger partial charge in [0.25, 0.3) is 5.91 Å². The Morgan fingerprint density at radius 2 is 1.88 bits per heavy atom. The van der Waals surface area contributed by atoms with E-state index < -0.39 is 0 Å². The zero-order chi connectivity index (χ0) is 23.2. The van der Waals surface area contributed by atoms with Crippen molar-refractivity contribution in [3.05, 3.63) is 69.2 Å². The number of halogens is 2. The molecule has 0 bridgehead atoms. The maximum absolute atomic E-state index is 12.3. The number of ether oxygens (including phenoxy) is 1. The predicted octanol–water partition coefficient (Wildman–Crippen LogP) is 3.59. The van der Waals surface area contributed by atoms with E-state index in [1.54, 1.807) is 12.1 Å². The number of benzene rings is 2. The number of hydrogen-bond acceptors (Lipinski definition) is 4. The number of nitrogens with one attached hydrogen (secondary N) is 3. The van der Waals surface area contributed by atoms with Crippen molar-refractivity contribution in [1.82, 2.24) is 20.9 Å². The van der Waals surface area contributed by atoms with Crippen LogP contribution in [-0.2, 0) is 17.8 Å². The molecule has 1 aliphatic carbocycles. The van der Waals surface area contributed by atoms with Crippen molar-refractivity contribution in [2.24, 2.45) is 0 Å². The van der Waals surface area contributed by atoms with Gasteiger partial charge in [0.2, 0.25) is 0 Å². The first kappa shape index (κ1) is 23.8. The molecular weight excluding hydrogens is 463 g/mol. The average Bonchev–Trinajstić information content (AvgIpc) is 3.63. The molecule has 3 amide bonds. The molecule has 9 heteroatoms. The Morgan fingerprint density at radius 1 is 1.03 bits per heavy atom. The molecule has 2 fully saturated rings. The van der Waals surface area contributed by atoms with Crippen molar-refractivity contribution < 1.29 is 14.3 Å². The van der Waals surface area contributed by atoms with Crippen molar-refractivity contribution in [1.29, 1.82) is 0 Å². The summed E-state index contributed by atoms with van der Waals surface area (Å²) in [6.07, 6.45) is 2.00. The summed E-state index contributed by atoms with van der Waals surface area (Å²) in [6, 6.07) is 13.0. The Bertz CT molecular complexity index is 999. The number of nitrogens with zero attached hydrogens (tertiary/aromatic N) is 1. The van der Waals surface area contributed by atoms with E-state index in [9.17, 15) is 9.59 Å². The maximum Gasteiger partial charge on any atom is 0.315 e. The van der Waals surface area contributed by atoms with Gasteiger partial charge in [-0.05, 0) is 48.2 Å². The lowest BCUT2D eigenvalue weighted by Gasteiger charge is -2.33. The van der Waals surface area contributed by atoms with E-state index in [-0.39, 0.29) is 18.0 Å². The van der Waals surface area contributed by atoms with Crippen molar-refractivity contribution in [3.8, 4) is 0 Å². The van der Waals surface area contributed by atoms with Gasteiger partial charge in [-0.25, -0.2) is 4.79 Å². The van der Waals surface area contributed by atoms with E-state index in [4.69, 9.17) is 27.9 Å². The highest BCUT2D eigenvalue weighted by atomic mass is 35.5. The van der Waals surface area contributed by atoms with E-state index >= 15 is 0 Å². The van der Waals surface area contributed by atoms with E-state index in [1.165, 1.54) is 0 Å². The number of hydrogen-bond donors (Lipinski definition) is 3. The third kappa shape index (κ3) is 7.33. The topological polar surface area (TPSA) is 82.7 Å². The number of morpholine rings is 1. The van der Waals surface area contributed by atoms with Gasteiger partial charge in [-0.1, -0.05) is 41.4 Å². The number of amides is 3. The van der Waals surface area contributed by atoms with E-state index in [1.807, 2.05) is 30.3 Å². The highest BCUT2D eigenvalue weighted by Crippen LogP contribution is 2.23. The van der Waals surface area contributed by atoms with E-state index in [0.717, 1.165) is 37.1 Å². The second-order valence-electron chi connectivity index (χ2n) is 8.49. The molecule has 1 atom stereocenters. The Hall–Kier alpha value is -2.32. The van der Waals surface area contributed by atoms with Crippen molar-refractivity contribution in [2.45, 2.75) is 38.1 Å². The molecule has 4 rings (SSSR count). The fourth-order valence-corrected chi connectivity index (χ4v) is 4.03. The Labute approximate surface area is 203 Å². The second-order valence-corrected chi connectivity index (χ2v) is 9.30. The molecule has 1 saturated heterocycles. The molecule has 7 nitrogen and oxygen atoms in total. The molecular formula is C24H28Cl2N4O3. The first-order chi connectivity index (χ1) is 16.0. The fourth-order valence-electron chi connectivity index (χ4n) is 3.71. The van der Waals surface area contributed by atoms with Gasteiger partial charge < -0.3 is 20.7 Å². The Morgan fingerprint density at radius 3 is 2.67 bits per heavy atom. The molecule has 1 saturated carbocycles. The lowest BCUT2D eigenvalue weighted by atomic mass is 10.1. The maximum atomic E-state index is 12.3. The minimum atomic E-state index is -0.270. The molecule has 0 unspecified atom stereocenters. The summed E-state index contributed by atoms with van der Waals surface area (Å²) in [4.78, 5) is 26.7. The van der Waals surface area contributed by atoms with Crippen LogP contribution in [-0.4, -0.2) is 55.2 Å². The number of carbonyl (C=O) groups excluding carboxylic acids is 2. The van der Waals surface area contributed by atoms with Crippen LogP contribution in [0.25, 0.3) is 0 Å². The van der Waals surface area contributed by atoms with Crippen LogP contribution in [0.15, 0.2) is 42.5 Å². The molecule has 1 aliphatic heterocycles. The number of carbonyl (C=O) groups is 2. The first-order valence-electron chi connectivity index (χ1n) is 11.2. The normalized spacial score (nSPS) is 18.5. The van der Waals surface area contributed by atoms with Gasteiger partial charge in [-0.15, -0.1) is 0 Å². The lowest BCUT2D eigenvalue weighted by molar-refractivity contribution is -0.0287.